The van der Waals surface area contributed by atoms with E-state index in [9.17, 15) is 27.2 Å². The molecule has 6 nitrogen and oxygen atoms in total. The lowest BCUT2D eigenvalue weighted by molar-refractivity contribution is -0.137. The largest absolute Gasteiger partial charge is 0.417 e. The van der Waals surface area contributed by atoms with Crippen LogP contribution in [0.4, 0.5) is 29.1 Å². The van der Waals surface area contributed by atoms with Crippen LogP contribution in [0, 0.1) is 5.82 Å². The molecule has 2 amide bonds. The number of nitrogens with one attached hydrogen (secondary N) is 1. The highest BCUT2D eigenvalue weighted by Crippen LogP contribution is 2.32. The summed E-state index contributed by atoms with van der Waals surface area (Å²) in [6.45, 7) is 1.93. The number of hydrogen-bond acceptors (Lipinski definition) is 4. The van der Waals surface area contributed by atoms with Gasteiger partial charge in [-0.3, -0.25) is 9.59 Å². The zero-order valence-corrected chi connectivity index (χ0v) is 17.8. The highest BCUT2D eigenvalue weighted by molar-refractivity contribution is 6.05. The summed E-state index contributed by atoms with van der Waals surface area (Å²) in [6.07, 6.45) is -3.27. The van der Waals surface area contributed by atoms with Gasteiger partial charge in [0.25, 0.3) is 11.8 Å². The van der Waals surface area contributed by atoms with E-state index in [2.05, 4.69) is 10.3 Å². The zero-order chi connectivity index (χ0) is 24.3. The van der Waals surface area contributed by atoms with Crippen molar-refractivity contribution in [3.8, 4) is 0 Å². The van der Waals surface area contributed by atoms with E-state index in [1.807, 2.05) is 4.90 Å². The lowest BCUT2D eigenvalue weighted by Gasteiger charge is -2.35. The van der Waals surface area contributed by atoms with Gasteiger partial charge in [-0.1, -0.05) is 12.1 Å². The molecule has 0 spiro atoms. The van der Waals surface area contributed by atoms with Crippen LogP contribution in [0.3, 0.4) is 0 Å². The Kier molecular flexibility index (Phi) is 6.49. The molecule has 3 aromatic rings. The first-order valence-electron chi connectivity index (χ1n) is 10.5. The number of aromatic nitrogens is 1. The Labute approximate surface area is 192 Å². The van der Waals surface area contributed by atoms with Gasteiger partial charge in [-0.25, -0.2) is 9.37 Å². The Morgan fingerprint density at radius 1 is 0.882 bits per heavy atom. The number of alkyl halides is 3. The first kappa shape index (κ1) is 23.2. The molecule has 34 heavy (non-hydrogen) atoms. The summed E-state index contributed by atoms with van der Waals surface area (Å²) in [6, 6.07) is 13.2. The summed E-state index contributed by atoms with van der Waals surface area (Å²) in [7, 11) is 0. The van der Waals surface area contributed by atoms with Crippen LogP contribution >= 0.6 is 0 Å². The fraction of sp³-hybridized carbons (Fsp3) is 0.208. The first-order chi connectivity index (χ1) is 16.2. The molecule has 1 aliphatic heterocycles. The van der Waals surface area contributed by atoms with Crippen LogP contribution in [0.2, 0.25) is 0 Å². The quantitative estimate of drug-likeness (QED) is 0.570. The van der Waals surface area contributed by atoms with Crippen LogP contribution in [0.25, 0.3) is 0 Å². The van der Waals surface area contributed by atoms with Gasteiger partial charge in [-0.05, 0) is 48.5 Å². The van der Waals surface area contributed by atoms with Gasteiger partial charge in [-0.2, -0.15) is 13.2 Å². The smallest absolute Gasteiger partial charge is 0.353 e. The molecule has 2 aromatic carbocycles. The van der Waals surface area contributed by atoms with Crippen LogP contribution in [0.1, 0.15) is 26.3 Å². The predicted molar refractivity (Wildman–Crippen MR) is 118 cm³/mol. The lowest BCUT2D eigenvalue weighted by Crippen LogP contribution is -2.49. The molecule has 0 bridgehead atoms. The minimum Gasteiger partial charge on any atom is -0.353 e. The summed E-state index contributed by atoms with van der Waals surface area (Å²) < 4.78 is 52.6. The highest BCUT2D eigenvalue weighted by Gasteiger charge is 2.34. The monoisotopic (exact) mass is 472 g/mol. The number of carbonyl (C=O) groups excluding carboxylic acids is 2. The number of pyridine rings is 1. The Balaban J connectivity index is 1.36. The van der Waals surface area contributed by atoms with E-state index in [0.29, 0.717) is 37.6 Å². The predicted octanol–water partition coefficient (Wildman–Crippen LogP) is 4.45. The minimum absolute atomic E-state index is 0.176. The van der Waals surface area contributed by atoms with Gasteiger partial charge in [0.05, 0.1) is 23.0 Å². The second-order valence-corrected chi connectivity index (χ2v) is 7.69. The SMILES string of the molecule is O=C(Nc1ccc(N2CCN(C(=O)c3ccc(F)cc3)CC2)nc1)c1ccccc1C(F)(F)F. The van der Waals surface area contributed by atoms with Crippen LogP contribution in [-0.2, 0) is 6.18 Å². The molecular weight excluding hydrogens is 452 g/mol. The number of halogens is 4. The van der Waals surface area contributed by atoms with Gasteiger partial charge in [0.1, 0.15) is 11.6 Å². The average molecular weight is 472 g/mol. The molecule has 0 radical (unpaired) electrons. The van der Waals surface area contributed by atoms with Gasteiger partial charge in [-0.15, -0.1) is 0 Å². The van der Waals surface area contributed by atoms with Crippen molar-refractivity contribution in [1.29, 1.82) is 0 Å². The van der Waals surface area contributed by atoms with Crippen molar-refractivity contribution in [2.45, 2.75) is 6.18 Å². The molecule has 0 aliphatic carbocycles. The van der Waals surface area contributed by atoms with Gasteiger partial charge >= 0.3 is 6.18 Å². The molecule has 1 fully saturated rings. The Hall–Kier alpha value is -3.95. The standard InChI is InChI=1S/C24H20F4N4O2/c25-17-7-5-16(6-8-17)23(34)32-13-11-31(12-14-32)21-10-9-18(15-29-21)30-22(33)19-3-1-2-4-20(19)24(26,27)28/h1-10,15H,11-14H2,(H,30,33). The number of nitrogens with zero attached hydrogens (tertiary/aromatic N) is 3. The molecule has 1 aliphatic rings. The third-order valence-corrected chi connectivity index (χ3v) is 5.46. The van der Waals surface area contributed by atoms with Crippen molar-refractivity contribution < 1.29 is 27.2 Å². The number of carbonyl (C=O) groups is 2. The third kappa shape index (κ3) is 5.16. The number of benzene rings is 2. The molecule has 0 atom stereocenters. The Bertz CT molecular complexity index is 1170. The molecule has 0 saturated carbocycles. The molecule has 2 heterocycles. The van der Waals surface area contributed by atoms with Crippen LogP contribution in [-0.4, -0.2) is 47.9 Å². The summed E-state index contributed by atoms with van der Waals surface area (Å²) in [5.74, 6) is -0.848. The maximum Gasteiger partial charge on any atom is 0.417 e. The number of amides is 2. The average Bonchev–Trinajstić information content (AvgIpc) is 2.84. The van der Waals surface area contributed by atoms with Crippen LogP contribution < -0.4 is 10.2 Å². The van der Waals surface area contributed by atoms with E-state index in [4.69, 9.17) is 0 Å². The van der Waals surface area contributed by atoms with Gasteiger partial charge in [0, 0.05) is 31.7 Å². The van der Waals surface area contributed by atoms with Gasteiger partial charge in [0.2, 0.25) is 0 Å². The van der Waals surface area contributed by atoms with Crippen molar-refractivity contribution in [3.05, 3.63) is 89.4 Å². The molecule has 1 aromatic heterocycles. The van der Waals surface area contributed by atoms with Crippen molar-refractivity contribution >= 4 is 23.3 Å². The second kappa shape index (κ2) is 9.50. The zero-order valence-electron chi connectivity index (χ0n) is 17.8. The lowest BCUT2D eigenvalue weighted by atomic mass is 10.1. The highest BCUT2D eigenvalue weighted by atomic mass is 19.4. The number of hydrogen-bond donors (Lipinski definition) is 1. The molecular formula is C24H20F4N4O2. The molecule has 10 heteroatoms. The van der Waals surface area contributed by atoms with Crippen LogP contribution in [0.15, 0.2) is 66.9 Å². The van der Waals surface area contributed by atoms with E-state index >= 15 is 0 Å². The third-order valence-electron chi connectivity index (χ3n) is 5.46. The summed E-state index contributed by atoms with van der Waals surface area (Å²) >= 11 is 0. The van der Waals surface area contributed by atoms with E-state index in [1.54, 1.807) is 17.0 Å². The molecule has 176 valence electrons. The summed E-state index contributed by atoms with van der Waals surface area (Å²) in [5, 5.41) is 2.45. The van der Waals surface area contributed by atoms with E-state index in [1.165, 1.54) is 42.6 Å². The van der Waals surface area contributed by atoms with Crippen molar-refractivity contribution in [1.82, 2.24) is 9.88 Å². The topological polar surface area (TPSA) is 65.5 Å². The van der Waals surface area contributed by atoms with Crippen molar-refractivity contribution in [2.75, 3.05) is 36.4 Å². The van der Waals surface area contributed by atoms with Gasteiger partial charge < -0.3 is 15.1 Å². The fourth-order valence-corrected chi connectivity index (χ4v) is 3.69. The number of anilines is 2. The maximum atomic E-state index is 13.2. The molecule has 0 unspecified atom stereocenters. The van der Waals surface area contributed by atoms with E-state index in [-0.39, 0.29) is 11.6 Å². The summed E-state index contributed by atoms with van der Waals surface area (Å²) in [5.41, 5.74) is -0.804. The van der Waals surface area contributed by atoms with Crippen molar-refractivity contribution in [2.24, 2.45) is 0 Å². The maximum absolute atomic E-state index is 13.2. The molecule has 1 saturated heterocycles. The minimum atomic E-state index is -4.64. The van der Waals surface area contributed by atoms with E-state index < -0.39 is 29.0 Å². The second-order valence-electron chi connectivity index (χ2n) is 7.69. The molecule has 1 N–H and O–H groups in total. The van der Waals surface area contributed by atoms with Crippen molar-refractivity contribution in [3.63, 3.8) is 0 Å². The first-order valence-corrected chi connectivity index (χ1v) is 10.5. The normalized spacial score (nSPS) is 14.1. The number of piperazine rings is 1. The Morgan fingerprint density at radius 2 is 1.56 bits per heavy atom. The number of rotatable bonds is 4. The van der Waals surface area contributed by atoms with E-state index in [0.717, 1.165) is 12.1 Å². The van der Waals surface area contributed by atoms with Crippen LogP contribution in [0.5, 0.6) is 0 Å². The fourth-order valence-electron chi connectivity index (χ4n) is 3.69. The van der Waals surface area contributed by atoms with Gasteiger partial charge in [0.15, 0.2) is 0 Å². The molecule has 4 rings (SSSR count). The Morgan fingerprint density at radius 3 is 2.18 bits per heavy atom. The summed E-state index contributed by atoms with van der Waals surface area (Å²) in [4.78, 5) is 32.9.